The van der Waals surface area contributed by atoms with Gasteiger partial charge in [0.2, 0.25) is 0 Å². The molecule has 0 aliphatic rings. The highest BCUT2D eigenvalue weighted by atomic mass is 32.2. The van der Waals surface area contributed by atoms with Gasteiger partial charge in [0.05, 0.1) is 10.6 Å². The van der Waals surface area contributed by atoms with Crippen molar-refractivity contribution in [1.82, 2.24) is 0 Å². The van der Waals surface area contributed by atoms with Gasteiger partial charge in [0.15, 0.2) is 0 Å². The predicted octanol–water partition coefficient (Wildman–Crippen LogP) is 2.85. The van der Waals surface area contributed by atoms with E-state index < -0.39 is 10.0 Å². The zero-order valence-corrected chi connectivity index (χ0v) is 10.9. The van der Waals surface area contributed by atoms with E-state index in [1.165, 1.54) is 12.1 Å². The van der Waals surface area contributed by atoms with Gasteiger partial charge in [-0.1, -0.05) is 37.3 Å². The molecule has 4 heteroatoms. The maximum Gasteiger partial charge on any atom is 0.261 e. The van der Waals surface area contributed by atoms with E-state index in [-0.39, 0.29) is 4.90 Å². The number of benzene rings is 2. The molecule has 2 aromatic rings. The number of para-hydroxylation sites is 1. The first-order valence-corrected chi connectivity index (χ1v) is 7.18. The summed E-state index contributed by atoms with van der Waals surface area (Å²) in [6.07, 6.45) is 0.779. The molecule has 0 amide bonds. The number of anilines is 1. The first-order valence-electron chi connectivity index (χ1n) is 5.70. The summed E-state index contributed by atoms with van der Waals surface area (Å²) in [6, 6.07) is 16.4. The van der Waals surface area contributed by atoms with Gasteiger partial charge in [-0.15, -0.1) is 0 Å². The highest BCUT2D eigenvalue weighted by Gasteiger charge is 2.14. The van der Waals surface area contributed by atoms with Crippen LogP contribution in [-0.2, 0) is 16.4 Å². The third-order valence-corrected chi connectivity index (χ3v) is 4.02. The largest absolute Gasteiger partial charge is 0.279 e. The molecule has 1 N–H and O–H groups in total. The molecule has 18 heavy (non-hydrogen) atoms. The molecule has 0 bridgehead atoms. The van der Waals surface area contributed by atoms with Crippen molar-refractivity contribution in [3.63, 3.8) is 0 Å². The monoisotopic (exact) mass is 260 g/mol. The molecule has 0 atom stereocenters. The van der Waals surface area contributed by atoms with E-state index >= 15 is 0 Å². The van der Waals surface area contributed by atoms with E-state index in [0.717, 1.165) is 12.0 Å². The Balaban J connectivity index is 2.34. The van der Waals surface area contributed by atoms with Crippen molar-refractivity contribution in [3.05, 3.63) is 60.2 Å². The molecule has 0 saturated carbocycles. The van der Waals surface area contributed by atoms with Crippen LogP contribution < -0.4 is 4.72 Å². The van der Waals surface area contributed by atoms with Gasteiger partial charge in [-0.2, -0.15) is 0 Å². The van der Waals surface area contributed by atoms with Crippen molar-refractivity contribution < 1.29 is 8.42 Å². The van der Waals surface area contributed by atoms with E-state index in [0.29, 0.717) is 5.69 Å². The number of aryl methyl sites for hydroxylation is 1. The molecule has 0 unspecified atom stereocenters. The normalized spacial score (nSPS) is 11.2. The van der Waals surface area contributed by atoms with Crippen molar-refractivity contribution in [2.45, 2.75) is 18.2 Å². The van der Waals surface area contributed by atoms with Gasteiger partial charge in [-0.3, -0.25) is 4.72 Å². The zero-order valence-electron chi connectivity index (χ0n) is 10.1. The first-order chi connectivity index (χ1) is 8.63. The summed E-state index contributed by atoms with van der Waals surface area (Å²) in [5, 5.41) is 0. The Hall–Kier alpha value is -1.81. The Morgan fingerprint density at radius 3 is 2.44 bits per heavy atom. The lowest BCUT2D eigenvalue weighted by Gasteiger charge is -2.11. The molecule has 2 rings (SSSR count). The van der Waals surface area contributed by atoms with Gasteiger partial charge in [0.25, 0.3) is 10.0 Å². The summed E-state index contributed by atoms with van der Waals surface area (Å²) in [6.45, 7) is 1.99. The Bertz CT molecular complexity index is 621. The molecule has 93 valence electrons. The van der Waals surface area contributed by atoms with Crippen LogP contribution in [0.25, 0.3) is 0 Å². The van der Waals surface area contributed by atoms with Crippen molar-refractivity contribution in [2.75, 3.05) is 4.72 Å². The number of rotatable bonds is 4. The van der Waals surface area contributed by atoms with Crippen LogP contribution in [0.2, 0.25) is 0 Å². The quantitative estimate of drug-likeness (QED) is 0.918. The van der Waals surface area contributed by atoms with Crippen molar-refractivity contribution >= 4 is 15.7 Å². The molecule has 0 fully saturated rings. The van der Waals surface area contributed by atoms with Crippen molar-refractivity contribution in [2.24, 2.45) is 0 Å². The molecule has 1 radical (unpaired) electrons. The fraction of sp³-hybridized carbons (Fsp3) is 0.143. The van der Waals surface area contributed by atoms with Crippen LogP contribution in [0.3, 0.4) is 0 Å². The summed E-state index contributed by atoms with van der Waals surface area (Å²) in [5.74, 6) is 0. The SMILES string of the molecule is CCc1ccccc1NS(=O)(=O)c1cc[c]cc1. The molecule has 0 saturated heterocycles. The third kappa shape index (κ3) is 2.71. The van der Waals surface area contributed by atoms with E-state index in [9.17, 15) is 8.42 Å². The van der Waals surface area contributed by atoms with Crippen LogP contribution in [0.5, 0.6) is 0 Å². The van der Waals surface area contributed by atoms with Crippen LogP contribution in [0.15, 0.2) is 53.4 Å². The third-order valence-electron chi connectivity index (χ3n) is 2.64. The number of hydrogen-bond acceptors (Lipinski definition) is 2. The van der Waals surface area contributed by atoms with Crippen molar-refractivity contribution in [1.29, 1.82) is 0 Å². The number of sulfonamides is 1. The maximum absolute atomic E-state index is 12.1. The minimum atomic E-state index is -3.52. The summed E-state index contributed by atoms with van der Waals surface area (Å²) in [7, 11) is -3.52. The first kappa shape index (κ1) is 12.6. The Kier molecular flexibility index (Phi) is 3.67. The van der Waals surface area contributed by atoms with Gasteiger partial charge < -0.3 is 0 Å². The molecule has 2 aromatic carbocycles. The van der Waals surface area contributed by atoms with Gasteiger partial charge in [-0.05, 0) is 36.2 Å². The Labute approximate surface area is 108 Å². The van der Waals surface area contributed by atoms with Gasteiger partial charge in [0.1, 0.15) is 0 Å². The van der Waals surface area contributed by atoms with E-state index in [4.69, 9.17) is 0 Å². The van der Waals surface area contributed by atoms with Gasteiger partial charge >= 0.3 is 0 Å². The van der Waals surface area contributed by atoms with E-state index in [1.54, 1.807) is 18.2 Å². The summed E-state index contributed by atoms with van der Waals surface area (Å²) in [5.41, 5.74) is 1.61. The topological polar surface area (TPSA) is 46.2 Å². The summed E-state index contributed by atoms with van der Waals surface area (Å²) in [4.78, 5) is 0.243. The standard InChI is InChI=1S/C14H14NO2S/c1-2-12-8-6-7-11-14(12)15-18(16,17)13-9-4-3-5-10-13/h4-11,15H,2H2,1H3. The molecule has 0 aliphatic heterocycles. The maximum atomic E-state index is 12.1. The molecular formula is C14H14NO2S. The second-order valence-electron chi connectivity index (χ2n) is 3.85. The number of hydrogen-bond donors (Lipinski definition) is 1. The molecule has 0 heterocycles. The Morgan fingerprint density at radius 1 is 1.11 bits per heavy atom. The molecule has 0 aliphatic carbocycles. The zero-order chi connectivity index (χ0) is 13.0. The lowest BCUT2D eigenvalue weighted by Crippen LogP contribution is -2.13. The fourth-order valence-electron chi connectivity index (χ4n) is 1.68. The Morgan fingerprint density at radius 2 is 1.78 bits per heavy atom. The second-order valence-corrected chi connectivity index (χ2v) is 5.53. The highest BCUT2D eigenvalue weighted by molar-refractivity contribution is 7.92. The molecule has 0 aromatic heterocycles. The van der Waals surface area contributed by atoms with Crippen LogP contribution in [-0.4, -0.2) is 8.42 Å². The lowest BCUT2D eigenvalue weighted by molar-refractivity contribution is 0.601. The second kappa shape index (κ2) is 5.23. The minimum absolute atomic E-state index is 0.243. The van der Waals surface area contributed by atoms with Crippen molar-refractivity contribution in [3.8, 4) is 0 Å². The lowest BCUT2D eigenvalue weighted by atomic mass is 10.1. The number of nitrogens with one attached hydrogen (secondary N) is 1. The van der Waals surface area contributed by atoms with E-state index in [2.05, 4.69) is 10.8 Å². The smallest absolute Gasteiger partial charge is 0.261 e. The van der Waals surface area contributed by atoms with E-state index in [1.807, 2.05) is 25.1 Å². The summed E-state index contributed by atoms with van der Waals surface area (Å²) >= 11 is 0. The van der Waals surface area contributed by atoms with Crippen LogP contribution in [0.4, 0.5) is 5.69 Å². The van der Waals surface area contributed by atoms with Crippen LogP contribution in [0.1, 0.15) is 12.5 Å². The highest BCUT2D eigenvalue weighted by Crippen LogP contribution is 2.20. The van der Waals surface area contributed by atoms with Gasteiger partial charge in [-0.25, -0.2) is 8.42 Å². The predicted molar refractivity (Wildman–Crippen MR) is 71.9 cm³/mol. The molecule has 0 spiro atoms. The average molecular weight is 260 g/mol. The van der Waals surface area contributed by atoms with Gasteiger partial charge in [0, 0.05) is 0 Å². The molecule has 3 nitrogen and oxygen atoms in total. The van der Waals surface area contributed by atoms with Crippen LogP contribution >= 0.6 is 0 Å². The summed E-state index contributed by atoms with van der Waals surface area (Å²) < 4.78 is 26.9. The molecular weight excluding hydrogens is 246 g/mol. The van der Waals surface area contributed by atoms with Crippen LogP contribution in [0, 0.1) is 6.07 Å². The fourth-order valence-corrected chi connectivity index (χ4v) is 2.78. The minimum Gasteiger partial charge on any atom is -0.279 e. The average Bonchev–Trinajstić information content (AvgIpc) is 2.40.